The van der Waals surface area contributed by atoms with Gasteiger partial charge in [0.2, 0.25) is 15.0 Å². The molecule has 0 saturated carbocycles. The summed E-state index contributed by atoms with van der Waals surface area (Å²) in [6.45, 7) is 3.93. The molecule has 0 aliphatic heterocycles. The highest BCUT2D eigenvalue weighted by molar-refractivity contribution is 7.91. The van der Waals surface area contributed by atoms with Gasteiger partial charge in [-0.3, -0.25) is 10.1 Å². The van der Waals surface area contributed by atoms with Crippen molar-refractivity contribution in [2.24, 2.45) is 0 Å². The summed E-state index contributed by atoms with van der Waals surface area (Å²) in [4.78, 5) is 16.2. The first-order chi connectivity index (χ1) is 15.3. The van der Waals surface area contributed by atoms with E-state index >= 15 is 0 Å². The van der Waals surface area contributed by atoms with Gasteiger partial charge in [-0.15, -0.1) is 0 Å². The summed E-state index contributed by atoms with van der Waals surface area (Å²) >= 11 is 0.735. The molecule has 0 spiro atoms. The van der Waals surface area contributed by atoms with Crippen LogP contribution in [0, 0.1) is 18.3 Å². The fraction of sp³-hybridized carbons (Fsp3) is 0.182. The number of rotatable bonds is 8. The van der Waals surface area contributed by atoms with E-state index in [0.29, 0.717) is 17.9 Å². The molecular formula is C22H20N4O4S2. The number of sulfone groups is 1. The van der Waals surface area contributed by atoms with Crippen molar-refractivity contribution < 1.29 is 17.9 Å². The Morgan fingerprint density at radius 3 is 2.59 bits per heavy atom. The van der Waals surface area contributed by atoms with Crippen LogP contribution >= 0.6 is 11.5 Å². The van der Waals surface area contributed by atoms with Crippen molar-refractivity contribution in [2.75, 3.05) is 11.1 Å². The second kappa shape index (κ2) is 10.2. The SMILES string of the molecule is CCS(=O)(=O)c1nsc(NC(=O)C(C#N)=Cc2ccc(OCc3ccccc3C)cc2)n1. The Balaban J connectivity index is 1.66. The maximum Gasteiger partial charge on any atom is 0.268 e. The molecule has 1 N–H and O–H groups in total. The Labute approximate surface area is 190 Å². The molecule has 3 rings (SSSR count). The van der Waals surface area contributed by atoms with E-state index in [1.165, 1.54) is 13.0 Å². The largest absolute Gasteiger partial charge is 0.489 e. The van der Waals surface area contributed by atoms with Crippen LogP contribution in [0.25, 0.3) is 6.08 Å². The fourth-order valence-corrected chi connectivity index (χ4v) is 4.17. The molecule has 164 valence electrons. The van der Waals surface area contributed by atoms with E-state index < -0.39 is 15.7 Å². The zero-order valence-corrected chi connectivity index (χ0v) is 19.0. The number of nitrogens with one attached hydrogen (secondary N) is 1. The van der Waals surface area contributed by atoms with Crippen LogP contribution in [0.1, 0.15) is 23.6 Å². The van der Waals surface area contributed by atoms with Gasteiger partial charge in [-0.1, -0.05) is 43.3 Å². The first kappa shape index (κ1) is 23.1. The lowest BCUT2D eigenvalue weighted by molar-refractivity contribution is -0.112. The van der Waals surface area contributed by atoms with Crippen molar-refractivity contribution in [1.29, 1.82) is 5.26 Å². The molecule has 1 heterocycles. The lowest BCUT2D eigenvalue weighted by atomic mass is 10.1. The van der Waals surface area contributed by atoms with Crippen molar-refractivity contribution in [3.05, 3.63) is 70.8 Å². The van der Waals surface area contributed by atoms with Crippen LogP contribution < -0.4 is 10.1 Å². The topological polar surface area (TPSA) is 122 Å². The molecule has 10 heteroatoms. The summed E-state index contributed by atoms with van der Waals surface area (Å²) in [5.41, 5.74) is 2.71. The lowest BCUT2D eigenvalue weighted by Crippen LogP contribution is -2.13. The van der Waals surface area contributed by atoms with E-state index in [1.807, 2.05) is 37.3 Å². The van der Waals surface area contributed by atoms with Crippen molar-refractivity contribution in [3.8, 4) is 11.8 Å². The van der Waals surface area contributed by atoms with Gasteiger partial charge in [0, 0.05) is 11.5 Å². The quantitative estimate of drug-likeness (QED) is 0.394. The number of amides is 1. The van der Waals surface area contributed by atoms with E-state index in [1.54, 1.807) is 24.3 Å². The summed E-state index contributed by atoms with van der Waals surface area (Å²) in [7, 11) is -3.57. The molecule has 0 radical (unpaired) electrons. The zero-order valence-electron chi connectivity index (χ0n) is 17.4. The molecule has 0 aliphatic rings. The number of ether oxygens (including phenoxy) is 1. The van der Waals surface area contributed by atoms with Crippen molar-refractivity contribution in [2.45, 2.75) is 25.6 Å². The van der Waals surface area contributed by atoms with Gasteiger partial charge in [0.1, 0.15) is 24.0 Å². The summed E-state index contributed by atoms with van der Waals surface area (Å²) in [5, 5.41) is 11.4. The van der Waals surface area contributed by atoms with Crippen LogP contribution in [0.4, 0.5) is 5.13 Å². The highest BCUT2D eigenvalue weighted by atomic mass is 32.2. The minimum atomic E-state index is -3.57. The number of nitriles is 1. The lowest BCUT2D eigenvalue weighted by Gasteiger charge is -2.08. The standard InChI is InChI=1S/C22H20N4O4S2/c1-3-32(28,29)22-25-21(31-26-22)24-20(27)18(13-23)12-16-8-10-19(11-9-16)30-14-17-7-5-4-6-15(17)2/h4-12H,3,14H2,1-2H3,(H,24,25,26,27). The predicted octanol–water partition coefficient (Wildman–Crippen LogP) is 3.76. The third-order valence-corrected chi connectivity index (χ3v) is 6.74. The molecular weight excluding hydrogens is 448 g/mol. The van der Waals surface area contributed by atoms with Gasteiger partial charge in [-0.2, -0.15) is 14.6 Å². The summed E-state index contributed by atoms with van der Waals surface area (Å²) < 4.78 is 33.1. The Kier molecular flexibility index (Phi) is 7.35. The van der Waals surface area contributed by atoms with Crippen molar-refractivity contribution in [3.63, 3.8) is 0 Å². The van der Waals surface area contributed by atoms with Crippen molar-refractivity contribution in [1.82, 2.24) is 9.36 Å². The fourth-order valence-electron chi connectivity index (χ4n) is 2.59. The molecule has 0 saturated heterocycles. The van der Waals surface area contributed by atoms with Gasteiger partial charge in [-0.25, -0.2) is 8.42 Å². The zero-order chi connectivity index (χ0) is 23.1. The molecule has 8 nitrogen and oxygen atoms in total. The minimum absolute atomic E-state index is 0.00290. The molecule has 2 aromatic carbocycles. The Bertz CT molecular complexity index is 1290. The molecule has 0 unspecified atom stereocenters. The molecule has 0 bridgehead atoms. The van der Waals surface area contributed by atoms with Crippen LogP contribution in [0.3, 0.4) is 0 Å². The van der Waals surface area contributed by atoms with Gasteiger partial charge >= 0.3 is 0 Å². The Morgan fingerprint density at radius 2 is 1.94 bits per heavy atom. The van der Waals surface area contributed by atoms with E-state index in [4.69, 9.17) is 4.74 Å². The number of hydrogen-bond donors (Lipinski definition) is 1. The Hall–Kier alpha value is -3.55. The monoisotopic (exact) mass is 468 g/mol. The summed E-state index contributed by atoms with van der Waals surface area (Å²) in [6, 6.07) is 16.8. The summed E-state index contributed by atoms with van der Waals surface area (Å²) in [6.07, 6.45) is 1.42. The number of carbonyl (C=O) groups is 1. The number of benzene rings is 2. The first-order valence-electron chi connectivity index (χ1n) is 9.59. The highest BCUT2D eigenvalue weighted by Gasteiger charge is 2.20. The molecule has 0 fully saturated rings. The number of anilines is 1. The average Bonchev–Trinajstić information content (AvgIpc) is 3.27. The van der Waals surface area contributed by atoms with Gasteiger partial charge in [0.05, 0.1) is 5.75 Å². The number of hydrogen-bond acceptors (Lipinski definition) is 8. The second-order valence-electron chi connectivity index (χ2n) is 6.69. The first-order valence-corrected chi connectivity index (χ1v) is 12.0. The molecule has 1 amide bonds. The number of nitrogens with zero attached hydrogens (tertiary/aromatic N) is 3. The maximum absolute atomic E-state index is 12.4. The minimum Gasteiger partial charge on any atom is -0.489 e. The van der Waals surface area contributed by atoms with Gasteiger partial charge in [0.25, 0.3) is 11.1 Å². The van der Waals surface area contributed by atoms with E-state index in [9.17, 15) is 18.5 Å². The smallest absolute Gasteiger partial charge is 0.268 e. The van der Waals surface area contributed by atoms with Crippen LogP contribution in [-0.2, 0) is 21.2 Å². The Morgan fingerprint density at radius 1 is 1.22 bits per heavy atom. The normalized spacial score (nSPS) is 11.6. The second-order valence-corrected chi connectivity index (χ2v) is 9.62. The third-order valence-electron chi connectivity index (χ3n) is 4.50. The van der Waals surface area contributed by atoms with E-state index in [-0.39, 0.29) is 21.6 Å². The molecule has 32 heavy (non-hydrogen) atoms. The van der Waals surface area contributed by atoms with E-state index in [2.05, 4.69) is 14.7 Å². The van der Waals surface area contributed by atoms with Gasteiger partial charge in [0.15, 0.2) is 0 Å². The molecule has 0 aliphatic carbocycles. The summed E-state index contributed by atoms with van der Waals surface area (Å²) in [5.74, 6) is -0.193. The maximum atomic E-state index is 12.4. The van der Waals surface area contributed by atoms with Crippen LogP contribution in [0.2, 0.25) is 0 Å². The van der Waals surface area contributed by atoms with Crippen LogP contribution in [0.15, 0.2) is 59.3 Å². The number of carbonyl (C=O) groups excluding carboxylic acids is 1. The average molecular weight is 469 g/mol. The molecule has 1 aromatic heterocycles. The van der Waals surface area contributed by atoms with Gasteiger partial charge in [-0.05, 0) is 41.8 Å². The molecule has 3 aromatic rings. The van der Waals surface area contributed by atoms with Crippen molar-refractivity contribution >= 4 is 38.5 Å². The number of aryl methyl sites for hydroxylation is 1. The third kappa shape index (κ3) is 5.78. The van der Waals surface area contributed by atoms with E-state index in [0.717, 1.165) is 22.7 Å². The number of aromatic nitrogens is 2. The molecule has 0 atom stereocenters. The van der Waals surface area contributed by atoms with Crippen LogP contribution in [0.5, 0.6) is 5.75 Å². The predicted molar refractivity (Wildman–Crippen MR) is 122 cm³/mol. The van der Waals surface area contributed by atoms with Crippen LogP contribution in [-0.4, -0.2) is 29.4 Å². The highest BCUT2D eigenvalue weighted by Crippen LogP contribution is 2.19. The van der Waals surface area contributed by atoms with Gasteiger partial charge < -0.3 is 4.74 Å².